The molecule has 0 radical (unpaired) electrons. The van der Waals surface area contributed by atoms with Gasteiger partial charge in [-0.2, -0.15) is 0 Å². The van der Waals surface area contributed by atoms with Crippen LogP contribution in [0.3, 0.4) is 0 Å². The smallest absolute Gasteiger partial charge is 0.311 e. The Morgan fingerprint density at radius 2 is 1.86 bits per heavy atom. The van der Waals surface area contributed by atoms with Crippen LogP contribution in [0.5, 0.6) is 0 Å². The zero-order valence-corrected chi connectivity index (χ0v) is 13.9. The number of amides is 1. The number of hydrogen-bond donors (Lipinski definition) is 1. The second-order valence-corrected chi connectivity index (χ2v) is 8.22. The van der Waals surface area contributed by atoms with Gasteiger partial charge in [0.05, 0.1) is 16.2 Å². The molecule has 0 aliphatic carbocycles. The van der Waals surface area contributed by atoms with E-state index in [1.54, 1.807) is 36.1 Å². The lowest BCUT2D eigenvalue weighted by atomic mass is 9.90. The minimum atomic E-state index is -1.08. The number of hydrogen-bond acceptors (Lipinski definition) is 3. The molecule has 1 amide bonds. The molecule has 6 heteroatoms. The van der Waals surface area contributed by atoms with Crippen molar-refractivity contribution >= 4 is 22.7 Å². The minimum Gasteiger partial charge on any atom is -0.481 e. The van der Waals surface area contributed by atoms with E-state index in [-0.39, 0.29) is 17.7 Å². The first kappa shape index (κ1) is 16.7. The van der Waals surface area contributed by atoms with Gasteiger partial charge in [-0.3, -0.25) is 13.8 Å². The van der Waals surface area contributed by atoms with Crippen molar-refractivity contribution < 1.29 is 18.9 Å². The van der Waals surface area contributed by atoms with Crippen LogP contribution in [0.1, 0.15) is 37.6 Å². The van der Waals surface area contributed by atoms with Crippen LogP contribution in [0.4, 0.5) is 0 Å². The Kier molecular flexibility index (Phi) is 4.70. The summed E-state index contributed by atoms with van der Waals surface area (Å²) in [5, 5.41) is 9.24. The lowest BCUT2D eigenvalue weighted by Gasteiger charge is -2.20. The topological polar surface area (TPSA) is 74.7 Å². The standard InChI is InChI=1S/C16H21NO4S/c1-11(2)22(21)13-6-4-12(5-7-13)14(18)17-9-8-16(3,10-17)15(19)20/h4-7,11H,8-10H2,1-3H3,(H,19,20)/t16-,22+/m0/s1. The third-order valence-electron chi connectivity index (χ3n) is 4.04. The Morgan fingerprint density at radius 1 is 1.27 bits per heavy atom. The van der Waals surface area contributed by atoms with Gasteiger partial charge in [-0.05, 0) is 37.6 Å². The van der Waals surface area contributed by atoms with Crippen LogP contribution in [0, 0.1) is 5.41 Å². The van der Waals surface area contributed by atoms with E-state index in [9.17, 15) is 18.9 Å². The molecule has 1 fully saturated rings. The maximum Gasteiger partial charge on any atom is 0.311 e. The van der Waals surface area contributed by atoms with E-state index in [0.29, 0.717) is 23.4 Å². The summed E-state index contributed by atoms with van der Waals surface area (Å²) in [5.41, 5.74) is -0.367. The Morgan fingerprint density at radius 3 is 2.32 bits per heavy atom. The van der Waals surface area contributed by atoms with Crippen molar-refractivity contribution in [1.82, 2.24) is 4.90 Å². The average molecular weight is 323 g/mol. The van der Waals surface area contributed by atoms with Crippen LogP contribution in [-0.4, -0.2) is 44.4 Å². The van der Waals surface area contributed by atoms with E-state index in [4.69, 9.17) is 0 Å². The average Bonchev–Trinajstić information content (AvgIpc) is 2.90. The first-order valence-electron chi connectivity index (χ1n) is 7.28. The third-order valence-corrected chi connectivity index (χ3v) is 5.63. The highest BCUT2D eigenvalue weighted by Gasteiger charge is 2.42. The predicted molar refractivity (Wildman–Crippen MR) is 84.2 cm³/mol. The second-order valence-electron chi connectivity index (χ2n) is 6.21. The van der Waals surface area contributed by atoms with Crippen molar-refractivity contribution in [2.45, 2.75) is 37.3 Å². The van der Waals surface area contributed by atoms with Gasteiger partial charge in [0, 0.05) is 28.8 Å². The van der Waals surface area contributed by atoms with Crippen LogP contribution >= 0.6 is 0 Å². The first-order valence-corrected chi connectivity index (χ1v) is 8.49. The highest BCUT2D eigenvalue weighted by Crippen LogP contribution is 2.31. The van der Waals surface area contributed by atoms with Crippen molar-refractivity contribution in [3.8, 4) is 0 Å². The Bertz CT molecular complexity index is 611. The number of carboxylic acid groups (broad SMARTS) is 1. The molecule has 0 spiro atoms. The molecule has 0 saturated carbocycles. The molecule has 1 N–H and O–H groups in total. The molecule has 22 heavy (non-hydrogen) atoms. The molecule has 1 aromatic carbocycles. The Hall–Kier alpha value is -1.69. The highest BCUT2D eigenvalue weighted by atomic mass is 32.2. The van der Waals surface area contributed by atoms with Crippen molar-refractivity contribution in [1.29, 1.82) is 0 Å². The van der Waals surface area contributed by atoms with Crippen LogP contribution < -0.4 is 0 Å². The van der Waals surface area contributed by atoms with Crippen LogP contribution in [0.2, 0.25) is 0 Å². The van der Waals surface area contributed by atoms with E-state index in [1.165, 1.54) is 0 Å². The number of likely N-dealkylation sites (tertiary alicyclic amines) is 1. The predicted octanol–water partition coefficient (Wildman–Crippen LogP) is 2.14. The maximum absolute atomic E-state index is 12.4. The van der Waals surface area contributed by atoms with Gasteiger partial charge in [0.2, 0.25) is 0 Å². The summed E-state index contributed by atoms with van der Waals surface area (Å²) in [6.45, 7) is 6.10. The molecule has 1 aliphatic rings. The normalized spacial score (nSPS) is 22.8. The Labute approximate surface area is 132 Å². The lowest BCUT2D eigenvalue weighted by Crippen LogP contribution is -2.34. The van der Waals surface area contributed by atoms with Gasteiger partial charge in [-0.25, -0.2) is 0 Å². The van der Waals surface area contributed by atoms with Crippen molar-refractivity contribution in [2.24, 2.45) is 5.41 Å². The zero-order valence-electron chi connectivity index (χ0n) is 13.0. The second kappa shape index (κ2) is 6.20. The zero-order chi connectivity index (χ0) is 16.5. The van der Waals surface area contributed by atoms with Crippen LogP contribution in [0.15, 0.2) is 29.2 Å². The molecule has 0 unspecified atom stereocenters. The number of rotatable bonds is 4. The molecule has 2 atom stereocenters. The number of nitrogens with zero attached hydrogens (tertiary/aromatic N) is 1. The first-order chi connectivity index (χ1) is 10.2. The number of carbonyl (C=O) groups excluding carboxylic acids is 1. The van der Waals surface area contributed by atoms with Gasteiger partial charge in [0.1, 0.15) is 0 Å². The van der Waals surface area contributed by atoms with E-state index in [1.807, 2.05) is 13.8 Å². The molecule has 1 saturated heterocycles. The molecule has 5 nitrogen and oxygen atoms in total. The highest BCUT2D eigenvalue weighted by molar-refractivity contribution is 7.85. The van der Waals surface area contributed by atoms with Gasteiger partial charge >= 0.3 is 5.97 Å². The van der Waals surface area contributed by atoms with E-state index in [2.05, 4.69) is 0 Å². The number of benzene rings is 1. The monoisotopic (exact) mass is 323 g/mol. The number of carboxylic acids is 1. The quantitative estimate of drug-likeness (QED) is 0.921. The summed E-state index contributed by atoms with van der Waals surface area (Å²) >= 11 is 0. The molecule has 120 valence electrons. The molecular formula is C16H21NO4S. The van der Waals surface area contributed by atoms with Gasteiger partial charge in [0.15, 0.2) is 0 Å². The fraction of sp³-hybridized carbons (Fsp3) is 0.500. The molecule has 0 bridgehead atoms. The molecule has 1 aromatic rings. The lowest BCUT2D eigenvalue weighted by molar-refractivity contribution is -0.147. The van der Waals surface area contributed by atoms with E-state index in [0.717, 1.165) is 0 Å². The summed E-state index contributed by atoms with van der Waals surface area (Å²) in [7, 11) is -1.08. The number of carbonyl (C=O) groups is 2. The number of aliphatic carboxylic acids is 1. The fourth-order valence-corrected chi connectivity index (χ4v) is 3.44. The summed E-state index contributed by atoms with van der Waals surface area (Å²) in [5.74, 6) is -1.04. The summed E-state index contributed by atoms with van der Waals surface area (Å²) in [6.07, 6.45) is 0.462. The van der Waals surface area contributed by atoms with Gasteiger partial charge < -0.3 is 10.0 Å². The van der Waals surface area contributed by atoms with Crippen molar-refractivity contribution in [3.05, 3.63) is 29.8 Å². The van der Waals surface area contributed by atoms with Crippen LogP contribution in [0.25, 0.3) is 0 Å². The fourth-order valence-electron chi connectivity index (χ4n) is 2.50. The van der Waals surface area contributed by atoms with Gasteiger partial charge in [-0.1, -0.05) is 13.8 Å². The summed E-state index contributed by atoms with van der Waals surface area (Å²) in [6, 6.07) is 6.73. The van der Waals surface area contributed by atoms with Gasteiger partial charge in [0.25, 0.3) is 5.91 Å². The van der Waals surface area contributed by atoms with Crippen molar-refractivity contribution in [2.75, 3.05) is 13.1 Å². The molecular weight excluding hydrogens is 302 g/mol. The Balaban J connectivity index is 2.11. The minimum absolute atomic E-state index is 0.0245. The maximum atomic E-state index is 12.4. The third kappa shape index (κ3) is 3.21. The largest absolute Gasteiger partial charge is 0.481 e. The summed E-state index contributed by atoms with van der Waals surface area (Å²) in [4.78, 5) is 25.9. The molecule has 2 rings (SSSR count). The molecule has 1 heterocycles. The SMILES string of the molecule is CC(C)[S@@](=O)c1ccc(C(=O)N2CC[C@](C)(C(=O)O)C2)cc1. The van der Waals surface area contributed by atoms with Crippen molar-refractivity contribution in [3.63, 3.8) is 0 Å². The molecule has 1 aliphatic heterocycles. The van der Waals surface area contributed by atoms with Crippen LogP contribution in [-0.2, 0) is 15.6 Å². The molecule has 0 aromatic heterocycles. The van der Waals surface area contributed by atoms with E-state index >= 15 is 0 Å². The van der Waals surface area contributed by atoms with Gasteiger partial charge in [-0.15, -0.1) is 0 Å². The van der Waals surface area contributed by atoms with E-state index < -0.39 is 22.2 Å². The summed E-state index contributed by atoms with van der Waals surface area (Å²) < 4.78 is 12.0.